The number of hydrogen-bond acceptors (Lipinski definition) is 3. The van der Waals surface area contributed by atoms with Gasteiger partial charge in [-0.1, -0.05) is 0 Å². The quantitative estimate of drug-likeness (QED) is 0.846. The number of amides is 1. The Morgan fingerprint density at radius 3 is 2.20 bits per heavy atom. The van der Waals surface area contributed by atoms with E-state index in [0.29, 0.717) is 30.0 Å². The monoisotopic (exact) mass is 279 g/mol. The van der Waals surface area contributed by atoms with E-state index in [0.717, 1.165) is 38.8 Å². The van der Waals surface area contributed by atoms with Crippen LogP contribution in [-0.4, -0.2) is 60.0 Å². The zero-order valence-electron chi connectivity index (χ0n) is 13.0. The van der Waals surface area contributed by atoms with E-state index in [1.165, 1.54) is 19.5 Å². The van der Waals surface area contributed by atoms with Gasteiger partial charge in [-0.25, -0.2) is 0 Å². The molecule has 0 aromatic heterocycles. The predicted octanol–water partition coefficient (Wildman–Crippen LogP) is 1.46. The largest absolute Gasteiger partial charge is 0.342 e. The maximum atomic E-state index is 12.0. The summed E-state index contributed by atoms with van der Waals surface area (Å²) in [6, 6.07) is 1.95. The van der Waals surface area contributed by atoms with E-state index in [9.17, 15) is 4.79 Å². The van der Waals surface area contributed by atoms with E-state index >= 15 is 0 Å². The van der Waals surface area contributed by atoms with Crippen LogP contribution >= 0.6 is 0 Å². The van der Waals surface area contributed by atoms with Gasteiger partial charge in [-0.05, 0) is 52.5 Å². The number of rotatable bonds is 4. The van der Waals surface area contributed by atoms with E-state index in [1.54, 1.807) is 0 Å². The van der Waals surface area contributed by atoms with Crippen LogP contribution in [0.5, 0.6) is 0 Å². The van der Waals surface area contributed by atoms with Crippen molar-refractivity contribution >= 4 is 5.91 Å². The summed E-state index contributed by atoms with van der Waals surface area (Å²) in [5, 5.41) is 3.83. The van der Waals surface area contributed by atoms with Crippen LogP contribution in [-0.2, 0) is 4.79 Å². The van der Waals surface area contributed by atoms with Gasteiger partial charge in [-0.15, -0.1) is 0 Å². The normalized spacial score (nSPS) is 29.4. The summed E-state index contributed by atoms with van der Waals surface area (Å²) in [6.07, 6.45) is 5.81. The number of nitrogens with zero attached hydrogens (tertiary/aromatic N) is 2. The Kier molecular flexibility index (Phi) is 4.32. The van der Waals surface area contributed by atoms with Crippen molar-refractivity contribution < 1.29 is 4.79 Å². The van der Waals surface area contributed by atoms with E-state index in [4.69, 9.17) is 0 Å². The molecule has 0 spiro atoms. The zero-order chi connectivity index (χ0) is 14.1. The summed E-state index contributed by atoms with van der Waals surface area (Å²) in [7, 11) is 0. The summed E-state index contributed by atoms with van der Waals surface area (Å²) in [5.74, 6) is 0.809. The maximum absolute atomic E-state index is 12.0. The van der Waals surface area contributed by atoms with E-state index in [1.807, 2.05) is 0 Å². The lowest BCUT2D eigenvalue weighted by atomic mass is 10.0. The second kappa shape index (κ2) is 6.02. The first kappa shape index (κ1) is 14.3. The minimum atomic E-state index is 0.383. The minimum absolute atomic E-state index is 0.383. The number of piperidine rings is 1. The average Bonchev–Trinajstić information content (AvgIpc) is 3.19. The molecule has 114 valence electrons. The van der Waals surface area contributed by atoms with Crippen molar-refractivity contribution in [3.05, 3.63) is 0 Å². The highest BCUT2D eigenvalue weighted by molar-refractivity contribution is 5.81. The molecule has 2 aliphatic heterocycles. The fourth-order valence-corrected chi connectivity index (χ4v) is 3.58. The van der Waals surface area contributed by atoms with Gasteiger partial charge in [0.25, 0.3) is 0 Å². The molecule has 0 aromatic carbocycles. The summed E-state index contributed by atoms with van der Waals surface area (Å²) in [5.41, 5.74) is 0. The Labute approximate surface area is 122 Å². The van der Waals surface area contributed by atoms with E-state index in [2.05, 4.69) is 29.0 Å². The lowest BCUT2D eigenvalue weighted by Crippen LogP contribution is -2.48. The number of hydrogen-bond donors (Lipinski definition) is 1. The first-order valence-corrected chi connectivity index (χ1v) is 8.42. The highest BCUT2D eigenvalue weighted by Crippen LogP contribution is 2.32. The summed E-state index contributed by atoms with van der Waals surface area (Å²) < 4.78 is 0. The van der Waals surface area contributed by atoms with Crippen molar-refractivity contribution in [3.8, 4) is 0 Å². The molecule has 0 aromatic rings. The minimum Gasteiger partial charge on any atom is -0.342 e. The van der Waals surface area contributed by atoms with Gasteiger partial charge in [0.15, 0.2) is 0 Å². The number of nitrogens with one attached hydrogen (secondary N) is 1. The van der Waals surface area contributed by atoms with Crippen LogP contribution < -0.4 is 5.32 Å². The maximum Gasteiger partial charge on any atom is 0.225 e. The van der Waals surface area contributed by atoms with Crippen LogP contribution in [0.2, 0.25) is 0 Å². The Bertz CT molecular complexity index is 346. The van der Waals surface area contributed by atoms with Crippen molar-refractivity contribution in [1.82, 2.24) is 15.1 Å². The Morgan fingerprint density at radius 1 is 1.00 bits per heavy atom. The SMILES string of the molecule is CC(C)N1CCC(NC2CCN(C(=O)C3CC3)CC2)C1. The van der Waals surface area contributed by atoms with Gasteiger partial charge >= 0.3 is 0 Å². The highest BCUT2D eigenvalue weighted by Gasteiger charge is 2.35. The van der Waals surface area contributed by atoms with Crippen LogP contribution in [0.1, 0.15) is 46.0 Å². The van der Waals surface area contributed by atoms with E-state index < -0.39 is 0 Å². The van der Waals surface area contributed by atoms with Crippen LogP contribution in [0.4, 0.5) is 0 Å². The molecule has 4 heteroatoms. The predicted molar refractivity (Wildman–Crippen MR) is 80.6 cm³/mol. The molecule has 3 aliphatic rings. The van der Waals surface area contributed by atoms with Crippen LogP contribution in [0.25, 0.3) is 0 Å². The molecule has 1 N–H and O–H groups in total. The summed E-state index contributed by atoms with van der Waals surface area (Å²) >= 11 is 0. The molecule has 0 bridgehead atoms. The van der Waals surface area contributed by atoms with Crippen molar-refractivity contribution in [2.24, 2.45) is 5.92 Å². The fourth-order valence-electron chi connectivity index (χ4n) is 3.58. The number of likely N-dealkylation sites (tertiary alicyclic amines) is 2. The molecule has 1 atom stereocenters. The second-order valence-electron chi connectivity index (χ2n) is 7.11. The van der Waals surface area contributed by atoms with Gasteiger partial charge in [-0.2, -0.15) is 0 Å². The van der Waals surface area contributed by atoms with Gasteiger partial charge in [0.1, 0.15) is 0 Å². The first-order valence-electron chi connectivity index (χ1n) is 8.42. The molecule has 0 radical (unpaired) electrons. The standard InChI is InChI=1S/C16H29N3O/c1-12(2)19-10-7-15(11-19)17-14-5-8-18(9-6-14)16(20)13-3-4-13/h12-15,17H,3-11H2,1-2H3. The molecule has 1 unspecified atom stereocenters. The third-order valence-electron chi connectivity index (χ3n) is 5.15. The molecule has 3 rings (SSSR count). The summed E-state index contributed by atoms with van der Waals surface area (Å²) in [6.45, 7) is 8.92. The van der Waals surface area contributed by atoms with Crippen LogP contribution in [0.15, 0.2) is 0 Å². The summed E-state index contributed by atoms with van der Waals surface area (Å²) in [4.78, 5) is 16.7. The number of carbonyl (C=O) groups is 1. The van der Waals surface area contributed by atoms with Crippen LogP contribution in [0, 0.1) is 5.92 Å². The lowest BCUT2D eigenvalue weighted by molar-refractivity contribution is -0.133. The van der Waals surface area contributed by atoms with Gasteiger partial charge in [-0.3, -0.25) is 9.69 Å². The molecule has 1 amide bonds. The first-order chi connectivity index (χ1) is 9.63. The Hall–Kier alpha value is -0.610. The second-order valence-corrected chi connectivity index (χ2v) is 7.11. The lowest BCUT2D eigenvalue weighted by Gasteiger charge is -2.34. The zero-order valence-corrected chi connectivity index (χ0v) is 13.0. The molecule has 1 saturated carbocycles. The average molecular weight is 279 g/mol. The van der Waals surface area contributed by atoms with Crippen molar-refractivity contribution in [1.29, 1.82) is 0 Å². The van der Waals surface area contributed by atoms with Crippen LogP contribution in [0.3, 0.4) is 0 Å². The van der Waals surface area contributed by atoms with Crippen molar-refractivity contribution in [3.63, 3.8) is 0 Å². The fraction of sp³-hybridized carbons (Fsp3) is 0.938. The molecule has 2 heterocycles. The van der Waals surface area contributed by atoms with Crippen molar-refractivity contribution in [2.75, 3.05) is 26.2 Å². The van der Waals surface area contributed by atoms with Crippen molar-refractivity contribution in [2.45, 2.75) is 64.1 Å². The number of carbonyl (C=O) groups excluding carboxylic acids is 1. The Morgan fingerprint density at radius 2 is 1.65 bits per heavy atom. The van der Waals surface area contributed by atoms with Gasteiger partial charge in [0, 0.05) is 43.7 Å². The van der Waals surface area contributed by atoms with E-state index in [-0.39, 0.29) is 0 Å². The third kappa shape index (κ3) is 3.34. The molecular weight excluding hydrogens is 250 g/mol. The molecule has 20 heavy (non-hydrogen) atoms. The molecule has 1 aliphatic carbocycles. The Balaban J connectivity index is 1.39. The highest BCUT2D eigenvalue weighted by atomic mass is 16.2. The topological polar surface area (TPSA) is 35.6 Å². The smallest absolute Gasteiger partial charge is 0.225 e. The van der Waals surface area contributed by atoms with Gasteiger partial charge < -0.3 is 10.2 Å². The van der Waals surface area contributed by atoms with Gasteiger partial charge in [0.2, 0.25) is 5.91 Å². The van der Waals surface area contributed by atoms with Gasteiger partial charge in [0.05, 0.1) is 0 Å². The molecule has 4 nitrogen and oxygen atoms in total. The molecule has 2 saturated heterocycles. The molecule has 3 fully saturated rings. The third-order valence-corrected chi connectivity index (χ3v) is 5.15. The molecular formula is C16H29N3O.